The highest BCUT2D eigenvalue weighted by Crippen LogP contribution is 2.27. The van der Waals surface area contributed by atoms with E-state index in [1.807, 2.05) is 30.3 Å². The van der Waals surface area contributed by atoms with Crippen LogP contribution < -0.4 is 0 Å². The van der Waals surface area contributed by atoms with Crippen LogP contribution in [0.4, 0.5) is 0 Å². The number of aliphatic carboxylic acids is 1. The maximum Gasteiger partial charge on any atom is 0.335 e. The molecule has 0 saturated carbocycles. The Labute approximate surface area is 117 Å². The van der Waals surface area contributed by atoms with Crippen LogP contribution in [0.1, 0.15) is 5.56 Å². The molecular weight excluding hydrogens is 264 g/mol. The van der Waals surface area contributed by atoms with E-state index in [0.29, 0.717) is 6.61 Å². The average Bonchev–Trinajstić information content (AvgIpc) is 2.84. The van der Waals surface area contributed by atoms with Crippen molar-refractivity contribution in [3.8, 4) is 0 Å². The standard InChI is InChI=1S/C14H18O6/c1-17-10-11(13(15)16)20-14(12(10)18-2)19-8-9-6-4-3-5-7-9/h3-7,10-12,14H,8H2,1-2H3,(H,15,16)/t10-,11-,12+,14-/m0/s1. The predicted molar refractivity (Wildman–Crippen MR) is 69.1 cm³/mol. The molecule has 1 saturated heterocycles. The summed E-state index contributed by atoms with van der Waals surface area (Å²) in [6.45, 7) is 0.314. The molecule has 1 aromatic rings. The van der Waals surface area contributed by atoms with Crippen LogP contribution in [-0.4, -0.2) is 49.9 Å². The molecule has 0 aromatic heterocycles. The fourth-order valence-electron chi connectivity index (χ4n) is 2.21. The number of rotatable bonds is 6. The van der Waals surface area contributed by atoms with Gasteiger partial charge in [-0.05, 0) is 5.56 Å². The summed E-state index contributed by atoms with van der Waals surface area (Å²) in [7, 11) is 2.90. The van der Waals surface area contributed by atoms with Crippen LogP contribution in [0, 0.1) is 0 Å². The fourth-order valence-corrected chi connectivity index (χ4v) is 2.21. The minimum Gasteiger partial charge on any atom is -0.479 e. The minimum atomic E-state index is -1.09. The van der Waals surface area contributed by atoms with Gasteiger partial charge >= 0.3 is 5.97 Å². The van der Waals surface area contributed by atoms with Gasteiger partial charge in [0.2, 0.25) is 0 Å². The van der Waals surface area contributed by atoms with Crippen LogP contribution in [-0.2, 0) is 30.3 Å². The molecule has 0 aliphatic carbocycles. The molecule has 0 unspecified atom stereocenters. The van der Waals surface area contributed by atoms with Crippen molar-refractivity contribution in [3.05, 3.63) is 35.9 Å². The van der Waals surface area contributed by atoms with Gasteiger partial charge < -0.3 is 24.1 Å². The highest BCUT2D eigenvalue weighted by atomic mass is 16.7. The van der Waals surface area contributed by atoms with Gasteiger partial charge in [-0.2, -0.15) is 0 Å². The normalized spacial score (nSPS) is 29.5. The Kier molecular flexibility index (Phi) is 5.08. The third-order valence-corrected chi connectivity index (χ3v) is 3.22. The van der Waals surface area contributed by atoms with E-state index in [-0.39, 0.29) is 0 Å². The lowest BCUT2D eigenvalue weighted by molar-refractivity contribution is -0.187. The van der Waals surface area contributed by atoms with Gasteiger partial charge in [-0.3, -0.25) is 0 Å². The predicted octanol–water partition coefficient (Wildman–Crippen LogP) is 1.04. The Morgan fingerprint density at radius 1 is 1.20 bits per heavy atom. The molecule has 0 bridgehead atoms. The van der Waals surface area contributed by atoms with E-state index in [1.165, 1.54) is 14.2 Å². The molecule has 0 radical (unpaired) electrons. The fraction of sp³-hybridized carbons (Fsp3) is 0.500. The average molecular weight is 282 g/mol. The minimum absolute atomic E-state index is 0.314. The number of carboxylic acids is 1. The highest BCUT2D eigenvalue weighted by Gasteiger charge is 2.49. The van der Waals surface area contributed by atoms with Crippen LogP contribution in [0.5, 0.6) is 0 Å². The molecule has 1 aromatic carbocycles. The van der Waals surface area contributed by atoms with Crippen LogP contribution in [0.3, 0.4) is 0 Å². The van der Waals surface area contributed by atoms with Crippen molar-refractivity contribution < 1.29 is 28.8 Å². The van der Waals surface area contributed by atoms with Crippen molar-refractivity contribution in [3.63, 3.8) is 0 Å². The molecule has 1 aliphatic heterocycles. The summed E-state index contributed by atoms with van der Waals surface area (Å²) in [6, 6.07) is 9.55. The zero-order valence-corrected chi connectivity index (χ0v) is 11.4. The highest BCUT2D eigenvalue weighted by molar-refractivity contribution is 5.73. The molecule has 20 heavy (non-hydrogen) atoms. The van der Waals surface area contributed by atoms with E-state index in [0.717, 1.165) is 5.56 Å². The number of benzene rings is 1. The van der Waals surface area contributed by atoms with E-state index in [4.69, 9.17) is 24.1 Å². The van der Waals surface area contributed by atoms with Gasteiger partial charge in [-0.15, -0.1) is 0 Å². The summed E-state index contributed by atoms with van der Waals surface area (Å²) >= 11 is 0. The van der Waals surface area contributed by atoms with Crippen molar-refractivity contribution in [1.82, 2.24) is 0 Å². The quantitative estimate of drug-likeness (QED) is 0.840. The van der Waals surface area contributed by atoms with Crippen molar-refractivity contribution in [2.45, 2.75) is 31.2 Å². The van der Waals surface area contributed by atoms with Crippen LogP contribution in [0.25, 0.3) is 0 Å². The molecule has 2 rings (SSSR count). The Hall–Kier alpha value is -1.47. The van der Waals surface area contributed by atoms with E-state index in [9.17, 15) is 4.79 Å². The Morgan fingerprint density at radius 3 is 2.40 bits per heavy atom. The molecule has 110 valence electrons. The molecular formula is C14H18O6. The number of carbonyl (C=O) groups is 1. The zero-order chi connectivity index (χ0) is 14.5. The van der Waals surface area contributed by atoms with Crippen LogP contribution in [0.15, 0.2) is 30.3 Å². The maximum atomic E-state index is 11.1. The molecule has 6 heteroatoms. The number of hydrogen-bond acceptors (Lipinski definition) is 5. The van der Waals surface area contributed by atoms with Gasteiger partial charge in [0.15, 0.2) is 12.4 Å². The second-order valence-electron chi connectivity index (χ2n) is 4.46. The number of ether oxygens (including phenoxy) is 4. The van der Waals surface area contributed by atoms with Gasteiger partial charge in [-0.1, -0.05) is 30.3 Å². The smallest absolute Gasteiger partial charge is 0.335 e. The number of methoxy groups -OCH3 is 2. The van der Waals surface area contributed by atoms with Crippen molar-refractivity contribution >= 4 is 5.97 Å². The number of carboxylic acid groups (broad SMARTS) is 1. The molecule has 0 amide bonds. The first-order valence-electron chi connectivity index (χ1n) is 6.26. The lowest BCUT2D eigenvalue weighted by atomic mass is 10.1. The Balaban J connectivity index is 2.01. The maximum absolute atomic E-state index is 11.1. The molecule has 1 aliphatic rings. The topological polar surface area (TPSA) is 74.2 Å². The first-order valence-corrected chi connectivity index (χ1v) is 6.26. The second-order valence-corrected chi connectivity index (χ2v) is 4.46. The van der Waals surface area contributed by atoms with Crippen LogP contribution in [0.2, 0.25) is 0 Å². The van der Waals surface area contributed by atoms with E-state index < -0.39 is 30.6 Å². The van der Waals surface area contributed by atoms with E-state index >= 15 is 0 Å². The molecule has 0 spiro atoms. The van der Waals surface area contributed by atoms with E-state index in [1.54, 1.807) is 0 Å². The molecule has 1 fully saturated rings. The molecule has 4 atom stereocenters. The van der Waals surface area contributed by atoms with Crippen molar-refractivity contribution in [2.75, 3.05) is 14.2 Å². The summed E-state index contributed by atoms with van der Waals surface area (Å²) in [4.78, 5) is 11.1. The summed E-state index contributed by atoms with van der Waals surface area (Å²) in [6.07, 6.45) is -3.14. The summed E-state index contributed by atoms with van der Waals surface area (Å²) in [5.74, 6) is -1.09. The van der Waals surface area contributed by atoms with Crippen LogP contribution >= 0.6 is 0 Å². The Morgan fingerprint density at radius 2 is 1.85 bits per heavy atom. The molecule has 1 N–H and O–H groups in total. The molecule has 6 nitrogen and oxygen atoms in total. The van der Waals surface area contributed by atoms with Crippen molar-refractivity contribution in [1.29, 1.82) is 0 Å². The lowest BCUT2D eigenvalue weighted by Gasteiger charge is -2.20. The zero-order valence-electron chi connectivity index (χ0n) is 11.4. The summed E-state index contributed by atoms with van der Waals surface area (Å²) in [5, 5.41) is 9.11. The first kappa shape index (κ1) is 14.9. The second kappa shape index (κ2) is 6.81. The summed E-state index contributed by atoms with van der Waals surface area (Å²) < 4.78 is 21.4. The van der Waals surface area contributed by atoms with Gasteiger partial charge in [0.05, 0.1) is 6.61 Å². The molecule has 1 heterocycles. The largest absolute Gasteiger partial charge is 0.479 e. The third kappa shape index (κ3) is 3.16. The van der Waals surface area contributed by atoms with Gasteiger partial charge in [0.1, 0.15) is 12.2 Å². The van der Waals surface area contributed by atoms with E-state index in [2.05, 4.69) is 0 Å². The van der Waals surface area contributed by atoms with Gasteiger partial charge in [0, 0.05) is 14.2 Å². The lowest BCUT2D eigenvalue weighted by Crippen LogP contribution is -2.39. The van der Waals surface area contributed by atoms with Gasteiger partial charge in [-0.25, -0.2) is 4.79 Å². The number of hydrogen-bond donors (Lipinski definition) is 1. The van der Waals surface area contributed by atoms with Gasteiger partial charge in [0.25, 0.3) is 0 Å². The SMILES string of the molecule is CO[C@@H]1[C@@H](OC)[C@@H](OCc2ccccc2)O[C@@H]1C(=O)O. The monoisotopic (exact) mass is 282 g/mol. The first-order chi connectivity index (χ1) is 9.67. The van der Waals surface area contributed by atoms with Crippen molar-refractivity contribution in [2.24, 2.45) is 0 Å². The third-order valence-electron chi connectivity index (χ3n) is 3.22. The summed E-state index contributed by atoms with van der Waals surface area (Å²) in [5.41, 5.74) is 0.971. The Bertz CT molecular complexity index is 435.